The summed E-state index contributed by atoms with van der Waals surface area (Å²) in [6.07, 6.45) is 0.731. The van der Waals surface area contributed by atoms with Gasteiger partial charge in [0.1, 0.15) is 5.82 Å². The van der Waals surface area contributed by atoms with Gasteiger partial charge in [-0.2, -0.15) is 0 Å². The van der Waals surface area contributed by atoms with Gasteiger partial charge >= 0.3 is 0 Å². The number of benzene rings is 2. The molecule has 160 valence electrons. The summed E-state index contributed by atoms with van der Waals surface area (Å²) in [6.45, 7) is 7.22. The summed E-state index contributed by atoms with van der Waals surface area (Å²) in [5, 5.41) is 12.2. The Morgan fingerprint density at radius 3 is 2.55 bits per heavy atom. The molecular formula is C24H27N5O2. The summed E-state index contributed by atoms with van der Waals surface area (Å²) in [5.74, 6) is 1.44. The zero-order valence-corrected chi connectivity index (χ0v) is 18.1. The molecule has 1 N–H and O–H groups in total. The van der Waals surface area contributed by atoms with Crippen LogP contribution < -0.4 is 10.9 Å². The van der Waals surface area contributed by atoms with Gasteiger partial charge in [-0.1, -0.05) is 55.8 Å². The van der Waals surface area contributed by atoms with E-state index in [-0.39, 0.29) is 17.4 Å². The Morgan fingerprint density at radius 1 is 1.06 bits per heavy atom. The van der Waals surface area contributed by atoms with Gasteiger partial charge in [-0.15, -0.1) is 10.2 Å². The number of hydrogen-bond acceptors (Lipinski definition) is 4. The third-order valence-electron chi connectivity index (χ3n) is 5.31. The average molecular weight is 418 g/mol. The maximum atomic E-state index is 13.0. The van der Waals surface area contributed by atoms with Gasteiger partial charge in [0.05, 0.1) is 10.9 Å². The summed E-state index contributed by atoms with van der Waals surface area (Å²) >= 11 is 0. The monoisotopic (exact) mass is 417 g/mol. The molecule has 0 aliphatic carbocycles. The minimum Gasteiger partial charge on any atom is -0.352 e. The minimum atomic E-state index is -0.0633. The summed E-state index contributed by atoms with van der Waals surface area (Å²) in [5.41, 5.74) is 2.96. The minimum absolute atomic E-state index is 0.0443. The van der Waals surface area contributed by atoms with E-state index in [2.05, 4.69) is 29.4 Å². The molecular weight excluding hydrogens is 390 g/mol. The molecule has 2 aromatic carbocycles. The van der Waals surface area contributed by atoms with Crippen LogP contribution in [-0.4, -0.2) is 25.1 Å². The van der Waals surface area contributed by atoms with Crippen molar-refractivity contribution in [3.8, 4) is 0 Å². The Balaban J connectivity index is 1.58. The van der Waals surface area contributed by atoms with Crippen LogP contribution in [0.1, 0.15) is 37.2 Å². The first kappa shape index (κ1) is 20.8. The molecule has 7 nitrogen and oxygen atoms in total. The summed E-state index contributed by atoms with van der Waals surface area (Å²) in [7, 11) is 0. The van der Waals surface area contributed by atoms with Crippen LogP contribution >= 0.6 is 0 Å². The molecule has 4 rings (SSSR count). The summed E-state index contributed by atoms with van der Waals surface area (Å²) < 4.78 is 3.59. The zero-order valence-electron chi connectivity index (χ0n) is 18.1. The van der Waals surface area contributed by atoms with E-state index in [1.54, 1.807) is 4.57 Å². The highest BCUT2D eigenvalue weighted by molar-refractivity contribution is 5.80. The maximum absolute atomic E-state index is 13.0. The highest BCUT2D eigenvalue weighted by Gasteiger charge is 2.17. The molecule has 0 unspecified atom stereocenters. The third kappa shape index (κ3) is 4.35. The van der Waals surface area contributed by atoms with Crippen molar-refractivity contribution in [2.75, 3.05) is 0 Å². The molecule has 0 radical (unpaired) electrons. The molecule has 4 aromatic rings. The number of aromatic nitrogens is 4. The van der Waals surface area contributed by atoms with Crippen molar-refractivity contribution >= 4 is 22.6 Å². The second-order valence-electron chi connectivity index (χ2n) is 8.34. The van der Waals surface area contributed by atoms with Crippen molar-refractivity contribution in [2.24, 2.45) is 5.92 Å². The molecule has 0 spiro atoms. The summed E-state index contributed by atoms with van der Waals surface area (Å²) in [6, 6.07) is 15.6. The SMILES string of the molecule is Cc1ccc(CNC(=O)CCc2nnc3n(CC(C)C)c(=O)c4ccccc4n23)cc1. The van der Waals surface area contributed by atoms with Crippen molar-refractivity contribution in [1.29, 1.82) is 0 Å². The van der Waals surface area contributed by atoms with Crippen molar-refractivity contribution in [3.63, 3.8) is 0 Å². The first-order valence-electron chi connectivity index (χ1n) is 10.6. The fourth-order valence-corrected chi connectivity index (χ4v) is 3.73. The van der Waals surface area contributed by atoms with E-state index in [0.29, 0.717) is 42.9 Å². The van der Waals surface area contributed by atoms with Crippen LogP contribution in [0.2, 0.25) is 0 Å². The number of carbonyl (C=O) groups excluding carboxylic acids is 1. The quantitative estimate of drug-likeness (QED) is 0.500. The number of para-hydroxylation sites is 1. The molecule has 0 fully saturated rings. The molecule has 0 atom stereocenters. The number of nitrogens with zero attached hydrogens (tertiary/aromatic N) is 4. The molecule has 1 amide bonds. The van der Waals surface area contributed by atoms with Crippen molar-refractivity contribution < 1.29 is 4.79 Å². The van der Waals surface area contributed by atoms with E-state index in [1.165, 1.54) is 5.56 Å². The molecule has 0 saturated heterocycles. The number of nitrogens with one attached hydrogen (secondary N) is 1. The molecule has 0 aliphatic heterocycles. The second-order valence-corrected chi connectivity index (χ2v) is 8.34. The molecule has 2 heterocycles. The second kappa shape index (κ2) is 8.71. The number of amides is 1. The molecule has 0 aliphatic rings. The molecule has 7 heteroatoms. The fourth-order valence-electron chi connectivity index (χ4n) is 3.73. The number of carbonyl (C=O) groups is 1. The molecule has 0 bridgehead atoms. The maximum Gasteiger partial charge on any atom is 0.262 e. The van der Waals surface area contributed by atoms with E-state index in [1.807, 2.05) is 59.9 Å². The van der Waals surface area contributed by atoms with E-state index < -0.39 is 0 Å². The predicted molar refractivity (Wildman–Crippen MR) is 121 cm³/mol. The number of rotatable bonds is 7. The lowest BCUT2D eigenvalue weighted by Gasteiger charge is -2.13. The lowest BCUT2D eigenvalue weighted by atomic mass is 10.1. The average Bonchev–Trinajstić information content (AvgIpc) is 3.18. The number of fused-ring (bicyclic) bond motifs is 3. The molecule has 0 saturated carbocycles. The largest absolute Gasteiger partial charge is 0.352 e. The van der Waals surface area contributed by atoms with E-state index in [4.69, 9.17) is 0 Å². The fraction of sp³-hybridized carbons (Fsp3) is 0.333. The Morgan fingerprint density at radius 2 is 1.81 bits per heavy atom. The lowest BCUT2D eigenvalue weighted by Crippen LogP contribution is -2.26. The van der Waals surface area contributed by atoms with E-state index in [9.17, 15) is 9.59 Å². The molecule has 2 aromatic heterocycles. The van der Waals surface area contributed by atoms with Crippen LogP contribution in [0.5, 0.6) is 0 Å². The number of hydrogen-bond donors (Lipinski definition) is 1. The Labute approximate surface area is 180 Å². The van der Waals surface area contributed by atoms with Crippen LogP contribution in [-0.2, 0) is 24.3 Å². The molecule has 31 heavy (non-hydrogen) atoms. The number of aryl methyl sites for hydroxylation is 2. The highest BCUT2D eigenvalue weighted by atomic mass is 16.1. The van der Waals surface area contributed by atoms with Gasteiger partial charge in [0.2, 0.25) is 11.7 Å². The predicted octanol–water partition coefficient (Wildman–Crippen LogP) is 3.26. The van der Waals surface area contributed by atoms with Gasteiger partial charge < -0.3 is 5.32 Å². The van der Waals surface area contributed by atoms with E-state index >= 15 is 0 Å². The highest BCUT2D eigenvalue weighted by Crippen LogP contribution is 2.16. The van der Waals surface area contributed by atoms with Gasteiger partial charge in [0.25, 0.3) is 5.56 Å². The first-order valence-corrected chi connectivity index (χ1v) is 10.6. The first-order chi connectivity index (χ1) is 14.9. The van der Waals surface area contributed by atoms with Crippen LogP contribution in [0, 0.1) is 12.8 Å². The van der Waals surface area contributed by atoms with Gasteiger partial charge in [-0.05, 0) is 30.5 Å². The topological polar surface area (TPSA) is 81.3 Å². The van der Waals surface area contributed by atoms with Gasteiger partial charge in [-0.25, -0.2) is 0 Å². The Hall–Kier alpha value is -3.48. The van der Waals surface area contributed by atoms with Crippen molar-refractivity contribution in [1.82, 2.24) is 24.5 Å². The summed E-state index contributed by atoms with van der Waals surface area (Å²) in [4.78, 5) is 25.4. The van der Waals surface area contributed by atoms with Gasteiger partial charge in [0.15, 0.2) is 0 Å². The smallest absolute Gasteiger partial charge is 0.262 e. The Bertz CT molecular complexity index is 1290. The van der Waals surface area contributed by atoms with Crippen molar-refractivity contribution in [3.05, 3.63) is 75.8 Å². The van der Waals surface area contributed by atoms with Gasteiger partial charge in [0, 0.05) is 25.9 Å². The lowest BCUT2D eigenvalue weighted by molar-refractivity contribution is -0.121. The standard InChI is InChI=1S/C24H27N5O2/c1-16(2)15-28-23(31)19-6-4-5-7-20(19)29-21(26-27-24(28)29)12-13-22(30)25-14-18-10-8-17(3)9-11-18/h4-11,16H,12-15H2,1-3H3,(H,25,30). The van der Waals surface area contributed by atoms with Gasteiger partial charge in [-0.3, -0.25) is 18.6 Å². The third-order valence-corrected chi connectivity index (χ3v) is 5.31. The van der Waals surface area contributed by atoms with Crippen LogP contribution in [0.4, 0.5) is 0 Å². The van der Waals surface area contributed by atoms with Crippen LogP contribution in [0.3, 0.4) is 0 Å². The van der Waals surface area contributed by atoms with Crippen LogP contribution in [0.25, 0.3) is 16.7 Å². The zero-order chi connectivity index (χ0) is 22.0. The van der Waals surface area contributed by atoms with Crippen LogP contribution in [0.15, 0.2) is 53.3 Å². The van der Waals surface area contributed by atoms with E-state index in [0.717, 1.165) is 11.1 Å². The van der Waals surface area contributed by atoms with Crippen molar-refractivity contribution in [2.45, 2.75) is 46.7 Å². The normalized spacial score (nSPS) is 11.5. The Kier molecular flexibility index (Phi) is 5.84.